The smallest absolute Gasteiger partial charge is 0.295 e. The number of aliphatic hydroxyl groups is 1. The van der Waals surface area contributed by atoms with Gasteiger partial charge in [-0.1, -0.05) is 6.07 Å². The lowest BCUT2D eigenvalue weighted by Crippen LogP contribution is -2.31. The lowest BCUT2D eigenvalue weighted by Gasteiger charge is -2.26. The maximum absolute atomic E-state index is 13.3. The number of Topliss-reactive ketones (excluding diaryl/α,β-unsaturated/α-hetero) is 1. The van der Waals surface area contributed by atoms with E-state index in [1.807, 2.05) is 26.8 Å². The third-order valence-corrected chi connectivity index (χ3v) is 6.30. The fraction of sp³-hybridized carbons (Fsp3) is 0.429. The number of aliphatic hydroxyl groups excluding tert-OH is 1. The van der Waals surface area contributed by atoms with Crippen molar-refractivity contribution in [2.75, 3.05) is 33.5 Å². The summed E-state index contributed by atoms with van der Waals surface area (Å²) >= 11 is 0. The Morgan fingerprint density at radius 2 is 1.97 bits per heavy atom. The van der Waals surface area contributed by atoms with E-state index in [-0.39, 0.29) is 17.4 Å². The summed E-state index contributed by atoms with van der Waals surface area (Å²) < 4.78 is 22.4. The summed E-state index contributed by atoms with van der Waals surface area (Å²) in [5.74, 6) is 0.243. The van der Waals surface area contributed by atoms with Crippen LogP contribution in [0, 0.1) is 0 Å². The summed E-state index contributed by atoms with van der Waals surface area (Å²) in [4.78, 5) is 28.0. The Bertz CT molecular complexity index is 1170. The fourth-order valence-corrected chi connectivity index (χ4v) is 4.63. The van der Waals surface area contributed by atoms with E-state index >= 15 is 0 Å². The minimum absolute atomic E-state index is 0.0521. The monoisotopic (exact) mass is 495 g/mol. The quantitative estimate of drug-likeness (QED) is 0.228. The van der Waals surface area contributed by atoms with Gasteiger partial charge in [0, 0.05) is 25.1 Å². The van der Waals surface area contributed by atoms with Gasteiger partial charge in [0.2, 0.25) is 0 Å². The first-order chi connectivity index (χ1) is 17.3. The van der Waals surface area contributed by atoms with E-state index < -0.39 is 17.7 Å². The molecule has 0 bridgehead atoms. The SMILES string of the molecule is CCOc1cc(C2/C(=C(\O)c3ccc4c(c3)CCO4)C(=O)C(=O)N2CCCOC(C)C)ccc1OC. The second-order valence-corrected chi connectivity index (χ2v) is 9.03. The van der Waals surface area contributed by atoms with Crippen LogP contribution in [-0.4, -0.2) is 61.3 Å². The number of amides is 1. The van der Waals surface area contributed by atoms with Crippen molar-refractivity contribution in [1.29, 1.82) is 0 Å². The largest absolute Gasteiger partial charge is 0.507 e. The Labute approximate surface area is 211 Å². The molecular formula is C28H33NO7. The van der Waals surface area contributed by atoms with Crippen LogP contribution in [0.25, 0.3) is 5.76 Å². The van der Waals surface area contributed by atoms with E-state index in [0.29, 0.717) is 55.4 Å². The van der Waals surface area contributed by atoms with Crippen molar-refractivity contribution in [3.8, 4) is 17.2 Å². The second-order valence-electron chi connectivity index (χ2n) is 9.03. The molecule has 1 atom stereocenters. The van der Waals surface area contributed by atoms with Crippen LogP contribution in [0.3, 0.4) is 0 Å². The standard InChI is InChI=1S/C28H33NO7/c1-5-34-23-16-19(7-10-22(23)33-4)25-24(26(30)20-8-9-21-18(15-20)11-14-36-21)27(31)28(32)29(25)12-6-13-35-17(2)3/h7-10,15-17,25,30H,5-6,11-14H2,1-4H3/b26-24+. The van der Waals surface area contributed by atoms with Crippen molar-refractivity contribution in [2.45, 2.75) is 45.8 Å². The third-order valence-electron chi connectivity index (χ3n) is 6.30. The van der Waals surface area contributed by atoms with Gasteiger partial charge in [-0.15, -0.1) is 0 Å². The second kappa shape index (κ2) is 11.0. The number of ether oxygens (including phenoxy) is 4. The number of likely N-dealkylation sites (tertiary alicyclic amines) is 1. The van der Waals surface area contributed by atoms with Crippen molar-refractivity contribution in [1.82, 2.24) is 4.90 Å². The molecule has 2 heterocycles. The van der Waals surface area contributed by atoms with Gasteiger partial charge in [-0.2, -0.15) is 0 Å². The zero-order chi connectivity index (χ0) is 25.8. The van der Waals surface area contributed by atoms with Crippen molar-refractivity contribution in [2.24, 2.45) is 0 Å². The van der Waals surface area contributed by atoms with Crippen LogP contribution in [0.15, 0.2) is 42.0 Å². The number of benzene rings is 2. The highest BCUT2D eigenvalue weighted by atomic mass is 16.5. The van der Waals surface area contributed by atoms with E-state index in [1.54, 1.807) is 37.4 Å². The van der Waals surface area contributed by atoms with Gasteiger partial charge in [-0.05, 0) is 68.7 Å². The zero-order valence-corrected chi connectivity index (χ0v) is 21.2. The Kier molecular flexibility index (Phi) is 7.84. The molecule has 4 rings (SSSR count). The molecule has 1 unspecified atom stereocenters. The number of hydrogen-bond acceptors (Lipinski definition) is 7. The number of carbonyl (C=O) groups is 2. The van der Waals surface area contributed by atoms with Gasteiger partial charge < -0.3 is 29.0 Å². The number of hydrogen-bond donors (Lipinski definition) is 1. The van der Waals surface area contributed by atoms with Gasteiger partial charge in [0.15, 0.2) is 11.5 Å². The third kappa shape index (κ3) is 5.04. The fourth-order valence-electron chi connectivity index (χ4n) is 4.63. The summed E-state index contributed by atoms with van der Waals surface area (Å²) in [6.45, 7) is 7.50. The molecule has 0 aromatic heterocycles. The van der Waals surface area contributed by atoms with E-state index in [2.05, 4.69) is 0 Å². The first-order valence-corrected chi connectivity index (χ1v) is 12.3. The molecule has 1 saturated heterocycles. The van der Waals surface area contributed by atoms with Crippen LogP contribution in [0.1, 0.15) is 49.9 Å². The van der Waals surface area contributed by atoms with E-state index in [9.17, 15) is 14.7 Å². The van der Waals surface area contributed by atoms with Gasteiger partial charge in [-0.3, -0.25) is 9.59 Å². The van der Waals surface area contributed by atoms with Crippen molar-refractivity contribution in [3.63, 3.8) is 0 Å². The molecule has 2 aliphatic heterocycles. The van der Waals surface area contributed by atoms with E-state index in [1.165, 1.54) is 4.90 Å². The van der Waals surface area contributed by atoms with E-state index in [4.69, 9.17) is 18.9 Å². The number of fused-ring (bicyclic) bond motifs is 1. The predicted molar refractivity (Wildman–Crippen MR) is 135 cm³/mol. The molecule has 8 heteroatoms. The van der Waals surface area contributed by atoms with Crippen LogP contribution >= 0.6 is 0 Å². The highest BCUT2D eigenvalue weighted by Crippen LogP contribution is 2.42. The van der Waals surface area contributed by atoms with Crippen molar-refractivity contribution < 1.29 is 33.6 Å². The first-order valence-electron chi connectivity index (χ1n) is 12.3. The predicted octanol–water partition coefficient (Wildman–Crippen LogP) is 4.27. The molecule has 0 aliphatic carbocycles. The summed E-state index contributed by atoms with van der Waals surface area (Å²) in [5.41, 5.74) is 2.13. The highest BCUT2D eigenvalue weighted by molar-refractivity contribution is 6.46. The van der Waals surface area contributed by atoms with Crippen molar-refractivity contribution in [3.05, 3.63) is 58.7 Å². The molecule has 0 radical (unpaired) electrons. The molecule has 2 aliphatic rings. The molecule has 1 amide bonds. The Hall–Kier alpha value is -3.52. The van der Waals surface area contributed by atoms with Crippen LogP contribution in [-0.2, 0) is 20.7 Å². The molecule has 2 aromatic rings. The molecule has 8 nitrogen and oxygen atoms in total. The molecule has 0 spiro atoms. The molecule has 36 heavy (non-hydrogen) atoms. The average molecular weight is 496 g/mol. The van der Waals surface area contributed by atoms with Crippen molar-refractivity contribution >= 4 is 17.4 Å². The summed E-state index contributed by atoms with van der Waals surface area (Å²) in [6.07, 6.45) is 1.34. The normalized spacial score (nSPS) is 18.5. The zero-order valence-electron chi connectivity index (χ0n) is 21.2. The Morgan fingerprint density at radius 3 is 2.69 bits per heavy atom. The molecule has 0 saturated carbocycles. The van der Waals surface area contributed by atoms with E-state index in [0.717, 1.165) is 17.7 Å². The first kappa shape index (κ1) is 25.6. The number of carbonyl (C=O) groups excluding carboxylic acids is 2. The highest BCUT2D eigenvalue weighted by Gasteiger charge is 2.46. The minimum Gasteiger partial charge on any atom is -0.507 e. The van der Waals surface area contributed by atoms with Crippen LogP contribution < -0.4 is 14.2 Å². The van der Waals surface area contributed by atoms with Gasteiger partial charge in [0.05, 0.1) is 38.0 Å². The average Bonchev–Trinajstić information content (AvgIpc) is 3.43. The summed E-state index contributed by atoms with van der Waals surface area (Å²) in [7, 11) is 1.55. The summed E-state index contributed by atoms with van der Waals surface area (Å²) in [5, 5.41) is 11.4. The molecular weight excluding hydrogens is 462 g/mol. The van der Waals surface area contributed by atoms with Gasteiger partial charge in [0.1, 0.15) is 11.5 Å². The summed E-state index contributed by atoms with van der Waals surface area (Å²) in [6, 6.07) is 9.83. The maximum atomic E-state index is 13.3. The Morgan fingerprint density at radius 1 is 1.17 bits per heavy atom. The van der Waals surface area contributed by atoms with Crippen LogP contribution in [0.4, 0.5) is 0 Å². The lowest BCUT2D eigenvalue weighted by molar-refractivity contribution is -0.140. The number of methoxy groups -OCH3 is 1. The molecule has 1 N–H and O–H groups in total. The van der Waals surface area contributed by atoms with Gasteiger partial charge in [-0.25, -0.2) is 0 Å². The van der Waals surface area contributed by atoms with Gasteiger partial charge in [0.25, 0.3) is 11.7 Å². The van der Waals surface area contributed by atoms with Gasteiger partial charge >= 0.3 is 0 Å². The Balaban J connectivity index is 1.78. The van der Waals surface area contributed by atoms with Crippen LogP contribution in [0.5, 0.6) is 17.2 Å². The lowest BCUT2D eigenvalue weighted by atomic mass is 9.94. The van der Waals surface area contributed by atoms with Crippen LogP contribution in [0.2, 0.25) is 0 Å². The molecule has 2 aromatic carbocycles. The molecule has 192 valence electrons. The maximum Gasteiger partial charge on any atom is 0.295 e. The number of ketones is 1. The minimum atomic E-state index is -0.779. The topological polar surface area (TPSA) is 94.5 Å². The number of rotatable bonds is 10. The number of nitrogens with zero attached hydrogens (tertiary/aromatic N) is 1. The molecule has 1 fully saturated rings.